The van der Waals surface area contributed by atoms with Crippen molar-refractivity contribution >= 4 is 5.91 Å². The standard InChI is InChI=1S/C18H35N3O/c1-16-5-4-14-21(15-16)13-3-2-10-20-18(22)7-6-17-8-11-19-12-9-17/h16-17,19H,2-15H2,1H3,(H,20,22). The molecule has 2 fully saturated rings. The lowest BCUT2D eigenvalue weighted by atomic mass is 9.93. The second-order valence-corrected chi connectivity index (χ2v) is 7.34. The molecule has 1 amide bonds. The van der Waals surface area contributed by atoms with Gasteiger partial charge in [0.05, 0.1) is 0 Å². The number of hydrogen-bond acceptors (Lipinski definition) is 3. The number of piperidine rings is 2. The highest BCUT2D eigenvalue weighted by atomic mass is 16.1. The molecule has 0 aromatic carbocycles. The quantitative estimate of drug-likeness (QED) is 0.677. The van der Waals surface area contributed by atoms with E-state index in [-0.39, 0.29) is 5.91 Å². The monoisotopic (exact) mass is 309 g/mol. The highest BCUT2D eigenvalue weighted by Crippen LogP contribution is 2.17. The van der Waals surface area contributed by atoms with Gasteiger partial charge in [-0.25, -0.2) is 0 Å². The summed E-state index contributed by atoms with van der Waals surface area (Å²) in [4.78, 5) is 14.4. The van der Waals surface area contributed by atoms with Gasteiger partial charge in [-0.05, 0) is 83.0 Å². The van der Waals surface area contributed by atoms with Gasteiger partial charge >= 0.3 is 0 Å². The number of nitrogens with one attached hydrogen (secondary N) is 2. The number of carbonyl (C=O) groups is 1. The summed E-state index contributed by atoms with van der Waals surface area (Å²) in [6, 6.07) is 0. The smallest absolute Gasteiger partial charge is 0.220 e. The van der Waals surface area contributed by atoms with Gasteiger partial charge in [0.25, 0.3) is 0 Å². The van der Waals surface area contributed by atoms with E-state index in [1.807, 2.05) is 0 Å². The molecule has 22 heavy (non-hydrogen) atoms. The van der Waals surface area contributed by atoms with Gasteiger partial charge in [-0.1, -0.05) is 6.92 Å². The van der Waals surface area contributed by atoms with Crippen LogP contribution >= 0.6 is 0 Å². The van der Waals surface area contributed by atoms with E-state index in [0.29, 0.717) is 6.42 Å². The van der Waals surface area contributed by atoms with Crippen LogP contribution in [0, 0.1) is 11.8 Å². The minimum atomic E-state index is 0.255. The Balaban J connectivity index is 1.43. The van der Waals surface area contributed by atoms with Crippen LogP contribution in [0.15, 0.2) is 0 Å². The van der Waals surface area contributed by atoms with E-state index in [4.69, 9.17) is 0 Å². The summed E-state index contributed by atoms with van der Waals surface area (Å²) in [5.74, 6) is 1.88. The minimum absolute atomic E-state index is 0.255. The average Bonchev–Trinajstić information content (AvgIpc) is 2.54. The maximum atomic E-state index is 11.9. The summed E-state index contributed by atoms with van der Waals surface area (Å²) in [6.07, 6.45) is 9.33. The van der Waals surface area contributed by atoms with Crippen LogP contribution in [-0.4, -0.2) is 50.1 Å². The number of likely N-dealkylation sites (tertiary alicyclic amines) is 1. The molecule has 1 atom stereocenters. The first kappa shape index (κ1) is 17.7. The molecular weight excluding hydrogens is 274 g/mol. The molecule has 2 saturated heterocycles. The average molecular weight is 309 g/mol. The summed E-state index contributed by atoms with van der Waals surface area (Å²) >= 11 is 0. The third-order valence-electron chi connectivity index (χ3n) is 5.20. The van der Waals surface area contributed by atoms with Gasteiger partial charge < -0.3 is 15.5 Å². The summed E-state index contributed by atoms with van der Waals surface area (Å²) in [7, 11) is 0. The zero-order valence-electron chi connectivity index (χ0n) is 14.4. The first-order valence-electron chi connectivity index (χ1n) is 9.44. The van der Waals surface area contributed by atoms with Crippen molar-refractivity contribution in [2.75, 3.05) is 39.3 Å². The Kier molecular flexibility index (Phi) is 8.24. The normalized spacial score (nSPS) is 24.3. The molecule has 0 bridgehead atoms. The van der Waals surface area contributed by atoms with Crippen LogP contribution < -0.4 is 10.6 Å². The number of nitrogens with zero attached hydrogens (tertiary/aromatic N) is 1. The Morgan fingerprint density at radius 2 is 2.05 bits per heavy atom. The van der Waals surface area contributed by atoms with Crippen LogP contribution in [0.2, 0.25) is 0 Å². The van der Waals surface area contributed by atoms with Crippen LogP contribution in [0.5, 0.6) is 0 Å². The molecule has 2 rings (SSSR count). The fraction of sp³-hybridized carbons (Fsp3) is 0.944. The van der Waals surface area contributed by atoms with Crippen molar-refractivity contribution < 1.29 is 4.79 Å². The van der Waals surface area contributed by atoms with E-state index in [0.717, 1.165) is 44.3 Å². The molecule has 0 saturated carbocycles. The van der Waals surface area contributed by atoms with E-state index < -0.39 is 0 Å². The molecule has 2 N–H and O–H groups in total. The summed E-state index contributed by atoms with van der Waals surface area (Å²) in [5, 5.41) is 6.47. The Labute approximate surface area is 136 Å². The first-order valence-corrected chi connectivity index (χ1v) is 9.44. The van der Waals surface area contributed by atoms with Gasteiger partial charge in [-0.15, -0.1) is 0 Å². The molecule has 2 aliphatic heterocycles. The topological polar surface area (TPSA) is 44.4 Å². The zero-order chi connectivity index (χ0) is 15.6. The maximum Gasteiger partial charge on any atom is 0.220 e. The lowest BCUT2D eigenvalue weighted by molar-refractivity contribution is -0.121. The Morgan fingerprint density at radius 3 is 2.82 bits per heavy atom. The third kappa shape index (κ3) is 7.10. The number of hydrogen-bond donors (Lipinski definition) is 2. The van der Waals surface area contributed by atoms with Gasteiger partial charge in [0.2, 0.25) is 5.91 Å². The summed E-state index contributed by atoms with van der Waals surface area (Å²) in [6.45, 7) is 9.21. The molecule has 2 aliphatic rings. The highest BCUT2D eigenvalue weighted by Gasteiger charge is 2.16. The number of carbonyl (C=O) groups excluding carboxylic acids is 1. The van der Waals surface area contributed by atoms with Crippen LogP contribution in [-0.2, 0) is 4.79 Å². The van der Waals surface area contributed by atoms with E-state index in [9.17, 15) is 4.79 Å². The number of amides is 1. The molecule has 0 aromatic heterocycles. The van der Waals surface area contributed by atoms with Gasteiger partial charge in [0, 0.05) is 19.5 Å². The maximum absolute atomic E-state index is 11.9. The SMILES string of the molecule is CC1CCCN(CCCCNC(=O)CCC2CCNCC2)C1. The lowest BCUT2D eigenvalue weighted by Gasteiger charge is -2.30. The van der Waals surface area contributed by atoms with Crippen molar-refractivity contribution in [1.82, 2.24) is 15.5 Å². The van der Waals surface area contributed by atoms with Crippen molar-refractivity contribution in [3.05, 3.63) is 0 Å². The van der Waals surface area contributed by atoms with Gasteiger partial charge in [0.1, 0.15) is 0 Å². The van der Waals surface area contributed by atoms with Crippen molar-refractivity contribution in [3.8, 4) is 0 Å². The predicted molar refractivity (Wildman–Crippen MR) is 91.9 cm³/mol. The molecule has 128 valence electrons. The molecule has 0 aliphatic carbocycles. The molecule has 0 aromatic rings. The van der Waals surface area contributed by atoms with Crippen LogP contribution in [0.4, 0.5) is 0 Å². The second kappa shape index (κ2) is 10.2. The number of rotatable bonds is 8. The van der Waals surface area contributed by atoms with E-state index in [2.05, 4.69) is 22.5 Å². The first-order chi connectivity index (χ1) is 10.7. The molecule has 0 spiro atoms. The fourth-order valence-electron chi connectivity index (χ4n) is 3.77. The van der Waals surface area contributed by atoms with Crippen molar-refractivity contribution in [3.63, 3.8) is 0 Å². The van der Waals surface area contributed by atoms with E-state index >= 15 is 0 Å². The number of unbranched alkanes of at least 4 members (excludes halogenated alkanes) is 1. The Bertz CT molecular complexity index is 315. The minimum Gasteiger partial charge on any atom is -0.356 e. The van der Waals surface area contributed by atoms with E-state index in [1.165, 1.54) is 51.7 Å². The largest absolute Gasteiger partial charge is 0.356 e. The zero-order valence-corrected chi connectivity index (χ0v) is 14.4. The molecule has 2 heterocycles. The lowest BCUT2D eigenvalue weighted by Crippen LogP contribution is -2.35. The molecule has 1 unspecified atom stereocenters. The highest BCUT2D eigenvalue weighted by molar-refractivity contribution is 5.75. The fourth-order valence-corrected chi connectivity index (χ4v) is 3.77. The molecule has 0 radical (unpaired) electrons. The van der Waals surface area contributed by atoms with Crippen molar-refractivity contribution in [2.24, 2.45) is 11.8 Å². The Morgan fingerprint density at radius 1 is 1.23 bits per heavy atom. The second-order valence-electron chi connectivity index (χ2n) is 7.34. The van der Waals surface area contributed by atoms with Gasteiger partial charge in [-0.2, -0.15) is 0 Å². The summed E-state index contributed by atoms with van der Waals surface area (Å²) in [5.41, 5.74) is 0. The Hall–Kier alpha value is -0.610. The third-order valence-corrected chi connectivity index (χ3v) is 5.20. The van der Waals surface area contributed by atoms with Crippen LogP contribution in [0.25, 0.3) is 0 Å². The molecule has 4 nitrogen and oxygen atoms in total. The molecule has 4 heteroatoms. The van der Waals surface area contributed by atoms with Crippen molar-refractivity contribution in [1.29, 1.82) is 0 Å². The predicted octanol–water partition coefficient (Wildman–Crippen LogP) is 2.39. The molecular formula is C18H35N3O. The van der Waals surface area contributed by atoms with Crippen LogP contribution in [0.3, 0.4) is 0 Å². The van der Waals surface area contributed by atoms with Gasteiger partial charge in [0.15, 0.2) is 0 Å². The summed E-state index contributed by atoms with van der Waals surface area (Å²) < 4.78 is 0. The van der Waals surface area contributed by atoms with E-state index in [1.54, 1.807) is 0 Å². The van der Waals surface area contributed by atoms with Crippen LogP contribution in [0.1, 0.15) is 58.3 Å². The van der Waals surface area contributed by atoms with Gasteiger partial charge in [-0.3, -0.25) is 4.79 Å². The van der Waals surface area contributed by atoms with Crippen molar-refractivity contribution in [2.45, 2.75) is 58.3 Å².